The Morgan fingerprint density at radius 3 is 1.48 bits per heavy atom. The lowest BCUT2D eigenvalue weighted by atomic mass is 9.29. The molecule has 0 bridgehead atoms. The zero-order chi connectivity index (χ0) is 33.7. The van der Waals surface area contributed by atoms with Crippen LogP contribution in [0.15, 0.2) is 122 Å². The number of rotatable bonds is 0. The number of nitrogens with zero attached hydrogens (tertiary/aromatic N) is 1. The number of fused-ring (bicyclic) bond motifs is 12. The molecule has 5 aliphatic heterocycles. The third-order valence-corrected chi connectivity index (χ3v) is 13.0. The third-order valence-electron chi connectivity index (χ3n) is 12.0. The van der Waals surface area contributed by atoms with Gasteiger partial charge in [0.15, 0.2) is 0 Å². The average Bonchev–Trinajstić information content (AvgIpc) is 3.69. The van der Waals surface area contributed by atoms with E-state index < -0.39 is 0 Å². The highest BCUT2D eigenvalue weighted by atomic mass is 32.2. The first kappa shape index (κ1) is 26.8. The molecule has 8 heteroatoms. The molecule has 5 aliphatic rings. The molecule has 7 aromatic carbocycles. The van der Waals surface area contributed by atoms with Crippen LogP contribution >= 0.6 is 11.8 Å². The molecule has 0 radical (unpaired) electrons. The molecule has 2 aromatic heterocycles. The van der Waals surface area contributed by atoms with Crippen LogP contribution in [0.4, 0.5) is 17.1 Å². The first-order valence-corrected chi connectivity index (χ1v) is 18.6. The number of hydrogen-bond acceptors (Lipinski definition) is 6. The molecule has 5 nitrogen and oxygen atoms in total. The largest absolute Gasteiger partial charge is 0.458 e. The van der Waals surface area contributed by atoms with Crippen molar-refractivity contribution in [3.63, 3.8) is 0 Å². The van der Waals surface area contributed by atoms with Crippen molar-refractivity contribution in [3.8, 4) is 23.0 Å². The van der Waals surface area contributed by atoms with Crippen molar-refractivity contribution in [2.24, 2.45) is 0 Å². The molecule has 0 N–H and O–H groups in total. The standard InChI is InChI=1S/C44H23B2NO4S/c1-20-11-28-42-38(13-20)52-39-14-21(2)12-29-43(39)47(42)44-40-36(50-34-17-32-24(15-26(34)45(28)40)22-7-3-5-9-30(22)48-32)19-37-41(44)46(29)27-16-25-23-8-4-6-10-31(23)49-33(25)18-35(27)51-37/h3-19H,1-2H3. The molecular formula is C44H23B2NO4S. The number of hydrogen-bond donors (Lipinski definition) is 0. The maximum Gasteiger partial charge on any atom is 0.256 e. The molecule has 0 aliphatic carbocycles. The molecule has 0 saturated carbocycles. The summed E-state index contributed by atoms with van der Waals surface area (Å²) in [5.74, 6) is 3.32. The first-order valence-electron chi connectivity index (χ1n) is 17.8. The van der Waals surface area contributed by atoms with Crippen LogP contribution in [-0.2, 0) is 0 Å². The summed E-state index contributed by atoms with van der Waals surface area (Å²) in [6, 6.07) is 37.1. The van der Waals surface area contributed by atoms with Gasteiger partial charge in [0.25, 0.3) is 13.4 Å². The highest BCUT2D eigenvalue weighted by Crippen LogP contribution is 2.55. The Labute approximate surface area is 301 Å². The van der Waals surface area contributed by atoms with Crippen molar-refractivity contribution in [1.82, 2.24) is 0 Å². The number of benzene rings is 7. The van der Waals surface area contributed by atoms with Gasteiger partial charge in [-0.3, -0.25) is 0 Å². The second-order valence-electron chi connectivity index (χ2n) is 14.9. The Kier molecular flexibility index (Phi) is 4.49. The lowest BCUT2D eigenvalue weighted by molar-refractivity contribution is 0.465. The Morgan fingerprint density at radius 1 is 0.462 bits per heavy atom. The van der Waals surface area contributed by atoms with Crippen LogP contribution in [0.5, 0.6) is 23.0 Å². The SMILES string of the molecule is Cc1cc2c3c(c1)B1c4cc5c(cc4Oc4cc6c7c(c41)N3c1c(cc(C)cc1B7c1cc3c(cc1O6)oc1ccccc13)S2)oc1ccccc15. The minimum Gasteiger partial charge on any atom is -0.458 e. The summed E-state index contributed by atoms with van der Waals surface area (Å²) >= 11 is 1.91. The third kappa shape index (κ3) is 3.03. The number of furan rings is 2. The Bertz CT molecular complexity index is 3020. The van der Waals surface area contributed by atoms with Gasteiger partial charge in [0.2, 0.25) is 0 Å². The molecule has 0 amide bonds. The Hall–Kier alpha value is -5.98. The Balaban J connectivity index is 1.13. The molecule has 14 rings (SSSR count). The van der Waals surface area contributed by atoms with Crippen LogP contribution in [0.2, 0.25) is 0 Å². The van der Waals surface area contributed by atoms with Crippen LogP contribution in [0, 0.1) is 13.8 Å². The zero-order valence-electron chi connectivity index (χ0n) is 28.0. The Morgan fingerprint density at radius 2 is 0.962 bits per heavy atom. The number of anilines is 3. The number of aryl methyl sites for hydroxylation is 2. The van der Waals surface area contributed by atoms with E-state index in [2.05, 4.69) is 97.6 Å². The van der Waals surface area contributed by atoms with Gasteiger partial charge in [-0.25, -0.2) is 0 Å². The summed E-state index contributed by atoms with van der Waals surface area (Å²) in [7, 11) is 0. The predicted molar refractivity (Wildman–Crippen MR) is 212 cm³/mol. The van der Waals surface area contributed by atoms with E-state index in [0.29, 0.717) is 0 Å². The van der Waals surface area contributed by atoms with Crippen LogP contribution in [-0.4, -0.2) is 13.4 Å². The molecule has 52 heavy (non-hydrogen) atoms. The van der Waals surface area contributed by atoms with E-state index in [4.69, 9.17) is 18.3 Å². The van der Waals surface area contributed by atoms with Gasteiger partial charge in [-0.05, 0) is 70.9 Å². The average molecular weight is 683 g/mol. The van der Waals surface area contributed by atoms with E-state index in [1.54, 1.807) is 0 Å². The van der Waals surface area contributed by atoms with Crippen LogP contribution in [0.25, 0.3) is 43.9 Å². The molecule has 0 atom stereocenters. The topological polar surface area (TPSA) is 48.0 Å². The molecule has 0 saturated heterocycles. The molecular weight excluding hydrogens is 660 g/mol. The minimum atomic E-state index is -0.0292. The summed E-state index contributed by atoms with van der Waals surface area (Å²) in [6.45, 7) is 4.39. The van der Waals surface area contributed by atoms with Gasteiger partial charge in [0, 0.05) is 55.2 Å². The minimum absolute atomic E-state index is 0.0292. The van der Waals surface area contributed by atoms with Crippen LogP contribution in [0.1, 0.15) is 11.1 Å². The van der Waals surface area contributed by atoms with Gasteiger partial charge < -0.3 is 23.2 Å². The van der Waals surface area contributed by atoms with Gasteiger partial charge in [-0.2, -0.15) is 0 Å². The van der Waals surface area contributed by atoms with E-state index in [1.807, 2.05) is 36.0 Å². The van der Waals surface area contributed by atoms with Gasteiger partial charge in [-0.15, -0.1) is 0 Å². The van der Waals surface area contributed by atoms with E-state index >= 15 is 0 Å². The monoisotopic (exact) mass is 683 g/mol. The fraction of sp³-hybridized carbons (Fsp3) is 0.0455. The quantitative estimate of drug-likeness (QED) is 0.152. The molecule has 7 heterocycles. The van der Waals surface area contributed by atoms with E-state index in [0.717, 1.165) is 66.9 Å². The summed E-state index contributed by atoms with van der Waals surface area (Å²) in [5, 5.41) is 4.46. The van der Waals surface area contributed by atoms with Crippen molar-refractivity contribution in [2.45, 2.75) is 23.6 Å². The van der Waals surface area contributed by atoms with Crippen LogP contribution in [0.3, 0.4) is 0 Å². The van der Waals surface area contributed by atoms with Crippen molar-refractivity contribution in [3.05, 3.63) is 114 Å². The first-order chi connectivity index (χ1) is 25.6. The summed E-state index contributed by atoms with van der Waals surface area (Å²) < 4.78 is 26.8. The smallest absolute Gasteiger partial charge is 0.256 e. The summed E-state index contributed by atoms with van der Waals surface area (Å²) in [4.78, 5) is 5.14. The molecule has 0 fully saturated rings. The number of ether oxygens (including phenoxy) is 2. The normalized spacial score (nSPS) is 14.8. The van der Waals surface area contributed by atoms with E-state index in [9.17, 15) is 0 Å². The van der Waals surface area contributed by atoms with Gasteiger partial charge in [0.05, 0.1) is 11.4 Å². The lowest BCUT2D eigenvalue weighted by Gasteiger charge is -2.49. The molecule has 0 spiro atoms. The maximum atomic E-state index is 7.01. The van der Waals surface area contributed by atoms with Gasteiger partial charge >= 0.3 is 0 Å². The van der Waals surface area contributed by atoms with Crippen LogP contribution < -0.4 is 47.2 Å². The van der Waals surface area contributed by atoms with Crippen molar-refractivity contribution in [1.29, 1.82) is 0 Å². The molecule has 0 unspecified atom stereocenters. The zero-order valence-corrected chi connectivity index (χ0v) is 28.8. The van der Waals surface area contributed by atoms with E-state index in [-0.39, 0.29) is 13.4 Å². The molecule has 9 aromatic rings. The molecule has 240 valence electrons. The van der Waals surface area contributed by atoms with Crippen molar-refractivity contribution in [2.75, 3.05) is 4.90 Å². The second kappa shape index (κ2) is 8.72. The van der Waals surface area contributed by atoms with Gasteiger partial charge in [0.1, 0.15) is 45.3 Å². The van der Waals surface area contributed by atoms with Crippen molar-refractivity contribution >= 4 is 119 Å². The second-order valence-corrected chi connectivity index (χ2v) is 16.0. The predicted octanol–water partition coefficient (Wildman–Crippen LogP) is 7.91. The fourth-order valence-electron chi connectivity index (χ4n) is 10.1. The fourth-order valence-corrected chi connectivity index (χ4v) is 11.4. The van der Waals surface area contributed by atoms with Crippen molar-refractivity contribution < 1.29 is 18.3 Å². The van der Waals surface area contributed by atoms with Gasteiger partial charge in [-0.1, -0.05) is 83.6 Å². The van der Waals surface area contributed by atoms with E-state index in [1.165, 1.54) is 70.8 Å². The lowest BCUT2D eigenvalue weighted by Crippen LogP contribution is -2.67. The highest BCUT2D eigenvalue weighted by molar-refractivity contribution is 7.99. The summed E-state index contributed by atoms with van der Waals surface area (Å²) in [5.41, 5.74) is 17.1. The maximum absolute atomic E-state index is 7.01. The highest BCUT2D eigenvalue weighted by Gasteiger charge is 2.53. The number of para-hydroxylation sites is 2. The summed E-state index contributed by atoms with van der Waals surface area (Å²) in [6.07, 6.45) is 0.